The Morgan fingerprint density at radius 2 is 2.09 bits per heavy atom. The van der Waals surface area contributed by atoms with Gasteiger partial charge in [-0.2, -0.15) is 5.10 Å². The number of ether oxygens (including phenoxy) is 1. The fourth-order valence-electron chi connectivity index (χ4n) is 4.00. The van der Waals surface area contributed by atoms with Crippen LogP contribution in [0.5, 0.6) is 11.5 Å². The van der Waals surface area contributed by atoms with Gasteiger partial charge in [0, 0.05) is 37.1 Å². The van der Waals surface area contributed by atoms with Gasteiger partial charge in [0.1, 0.15) is 5.52 Å². The maximum atomic E-state index is 14.3. The van der Waals surface area contributed by atoms with Gasteiger partial charge in [-0.1, -0.05) is 26.2 Å². The molecule has 0 bridgehead atoms. The number of nitrogens with one attached hydrogen (secondary N) is 1. The first-order valence-electron chi connectivity index (χ1n) is 11.5. The van der Waals surface area contributed by atoms with Gasteiger partial charge in [0.15, 0.2) is 17.3 Å². The minimum Gasteiger partial charge on any atom is -0.452 e. The smallest absolute Gasteiger partial charge is 0.255 e. The molecule has 2 aliphatic rings. The third kappa shape index (κ3) is 5.20. The van der Waals surface area contributed by atoms with Crippen molar-refractivity contribution in [3.63, 3.8) is 0 Å². The number of hydrogen-bond acceptors (Lipinski definition) is 5. The molecule has 1 unspecified atom stereocenters. The number of carbonyl (C=O) groups is 2. The first-order valence-corrected chi connectivity index (χ1v) is 11.5. The molecular weight excluding hydrogens is 439 g/mol. The molecule has 1 aromatic carbocycles. The standard InChI is InChI=1S/C20H19FN4O4.C5H10/c1-12-15(20(28)24-7-5-14(27)9-24)10-25-19(12)18(4-6-23-25)29-17-3-2-13(22-11-26)8-16(17)21;1-2-5-3-4-5/h2-4,6,8,10-11,14,27H,5,7,9H2,1H3,(H,22,26);5H,2-4H2,1H3. The van der Waals surface area contributed by atoms with Crippen LogP contribution in [0.2, 0.25) is 0 Å². The quantitative estimate of drug-likeness (QED) is 0.530. The molecule has 0 radical (unpaired) electrons. The fraction of sp³-hybridized carbons (Fsp3) is 0.400. The van der Waals surface area contributed by atoms with E-state index in [1.54, 1.807) is 24.1 Å². The normalized spacial score (nSPS) is 17.3. The number of halogens is 1. The predicted octanol–water partition coefficient (Wildman–Crippen LogP) is 4.16. The van der Waals surface area contributed by atoms with Crippen LogP contribution in [0.15, 0.2) is 36.7 Å². The van der Waals surface area contributed by atoms with Crippen LogP contribution in [0, 0.1) is 18.7 Å². The minimum atomic E-state index is -0.640. The van der Waals surface area contributed by atoms with Crippen LogP contribution < -0.4 is 10.1 Å². The molecule has 2 N–H and O–H groups in total. The number of amides is 2. The largest absolute Gasteiger partial charge is 0.452 e. The number of likely N-dealkylation sites (tertiary alicyclic amines) is 1. The molecule has 3 aromatic rings. The van der Waals surface area contributed by atoms with Crippen LogP contribution in [-0.2, 0) is 4.79 Å². The van der Waals surface area contributed by atoms with Gasteiger partial charge in [0.2, 0.25) is 6.41 Å². The number of β-amino-alcohol motifs (C(OH)–C–C–N with tert-alkyl or cyclic N) is 1. The molecule has 1 saturated carbocycles. The average molecular weight is 469 g/mol. The summed E-state index contributed by atoms with van der Waals surface area (Å²) >= 11 is 0. The molecule has 2 fully saturated rings. The van der Waals surface area contributed by atoms with Crippen molar-refractivity contribution in [2.75, 3.05) is 18.4 Å². The SMILES string of the molecule is CCC1CC1.Cc1c(C(=O)N2CCC(O)C2)cn2nccc(Oc3ccc(NC=O)cc3F)c12. The van der Waals surface area contributed by atoms with Crippen molar-refractivity contribution in [2.45, 2.75) is 45.6 Å². The summed E-state index contributed by atoms with van der Waals surface area (Å²) < 4.78 is 21.6. The summed E-state index contributed by atoms with van der Waals surface area (Å²) in [7, 11) is 0. The zero-order valence-corrected chi connectivity index (χ0v) is 19.3. The van der Waals surface area contributed by atoms with E-state index in [4.69, 9.17) is 4.74 Å². The van der Waals surface area contributed by atoms with Crippen LogP contribution in [-0.4, -0.2) is 51.1 Å². The average Bonchev–Trinajstić information content (AvgIpc) is 3.48. The highest BCUT2D eigenvalue weighted by atomic mass is 19.1. The van der Waals surface area contributed by atoms with E-state index in [-0.39, 0.29) is 11.7 Å². The van der Waals surface area contributed by atoms with E-state index < -0.39 is 11.9 Å². The first kappa shape index (κ1) is 23.7. The Balaban J connectivity index is 0.000000486. The van der Waals surface area contributed by atoms with Crippen molar-refractivity contribution in [3.8, 4) is 11.5 Å². The van der Waals surface area contributed by atoms with Gasteiger partial charge in [-0.3, -0.25) is 9.59 Å². The van der Waals surface area contributed by atoms with Gasteiger partial charge in [-0.25, -0.2) is 8.91 Å². The van der Waals surface area contributed by atoms with Crippen molar-refractivity contribution < 1.29 is 23.8 Å². The Kier molecular flexibility index (Phi) is 7.12. The molecule has 34 heavy (non-hydrogen) atoms. The lowest BCUT2D eigenvalue weighted by Crippen LogP contribution is -2.29. The maximum absolute atomic E-state index is 14.3. The van der Waals surface area contributed by atoms with Gasteiger partial charge in [0.25, 0.3) is 5.91 Å². The van der Waals surface area contributed by atoms with Gasteiger partial charge in [-0.05, 0) is 37.0 Å². The minimum absolute atomic E-state index is 0.0225. The predicted molar refractivity (Wildman–Crippen MR) is 126 cm³/mol. The summed E-state index contributed by atoms with van der Waals surface area (Å²) in [5.41, 5.74) is 1.96. The number of aromatic nitrogens is 2. The summed E-state index contributed by atoms with van der Waals surface area (Å²) in [6.45, 7) is 4.83. The van der Waals surface area contributed by atoms with E-state index in [1.165, 1.54) is 42.1 Å². The zero-order chi connectivity index (χ0) is 24.2. The summed E-state index contributed by atoms with van der Waals surface area (Å²) in [4.78, 5) is 24.9. The highest BCUT2D eigenvalue weighted by Gasteiger charge is 2.28. The first-order chi connectivity index (χ1) is 16.4. The topological polar surface area (TPSA) is 96.2 Å². The number of nitrogens with zero attached hydrogens (tertiary/aromatic N) is 3. The van der Waals surface area contributed by atoms with E-state index in [9.17, 15) is 19.1 Å². The highest BCUT2D eigenvalue weighted by molar-refractivity contribution is 5.98. The Hall–Kier alpha value is -3.46. The van der Waals surface area contributed by atoms with Crippen molar-refractivity contribution in [3.05, 3.63) is 53.6 Å². The maximum Gasteiger partial charge on any atom is 0.255 e. The van der Waals surface area contributed by atoms with Crippen LogP contribution >= 0.6 is 0 Å². The molecule has 2 aromatic heterocycles. The third-order valence-electron chi connectivity index (χ3n) is 6.22. The molecule has 1 aliphatic heterocycles. The number of anilines is 1. The second-order valence-corrected chi connectivity index (χ2v) is 8.71. The highest BCUT2D eigenvalue weighted by Crippen LogP contribution is 2.33. The molecule has 5 rings (SSSR count). The second-order valence-electron chi connectivity index (χ2n) is 8.71. The lowest BCUT2D eigenvalue weighted by atomic mass is 10.1. The van der Waals surface area contributed by atoms with Crippen molar-refractivity contribution in [1.29, 1.82) is 0 Å². The van der Waals surface area contributed by atoms with E-state index >= 15 is 0 Å². The zero-order valence-electron chi connectivity index (χ0n) is 19.3. The fourth-order valence-corrected chi connectivity index (χ4v) is 4.00. The van der Waals surface area contributed by atoms with E-state index in [2.05, 4.69) is 17.3 Å². The molecule has 3 heterocycles. The van der Waals surface area contributed by atoms with E-state index in [1.807, 2.05) is 0 Å². The summed E-state index contributed by atoms with van der Waals surface area (Å²) in [5, 5.41) is 16.3. The number of carbonyl (C=O) groups excluding carboxylic acids is 2. The summed E-state index contributed by atoms with van der Waals surface area (Å²) in [6.07, 6.45) is 8.05. The molecule has 1 aliphatic carbocycles. The van der Waals surface area contributed by atoms with Crippen LogP contribution in [0.3, 0.4) is 0 Å². The van der Waals surface area contributed by atoms with Gasteiger partial charge < -0.3 is 20.1 Å². The number of rotatable bonds is 6. The Labute approximate surface area is 197 Å². The second kappa shape index (κ2) is 10.2. The van der Waals surface area contributed by atoms with Crippen molar-refractivity contribution in [2.24, 2.45) is 5.92 Å². The Morgan fingerprint density at radius 3 is 2.68 bits per heavy atom. The van der Waals surface area contributed by atoms with E-state index in [0.29, 0.717) is 54.0 Å². The molecule has 9 heteroatoms. The number of aliphatic hydroxyl groups excluding tert-OH is 1. The van der Waals surface area contributed by atoms with Crippen molar-refractivity contribution >= 4 is 23.5 Å². The monoisotopic (exact) mass is 468 g/mol. The number of aryl methyl sites for hydroxylation is 1. The summed E-state index contributed by atoms with van der Waals surface area (Å²) in [6, 6.07) is 5.67. The number of aliphatic hydroxyl groups is 1. The molecule has 1 atom stereocenters. The molecule has 1 saturated heterocycles. The van der Waals surface area contributed by atoms with Gasteiger partial charge in [0.05, 0.1) is 17.9 Å². The number of fused-ring (bicyclic) bond motifs is 1. The lowest BCUT2D eigenvalue weighted by molar-refractivity contribution is -0.105. The number of hydrogen-bond donors (Lipinski definition) is 2. The Morgan fingerprint density at radius 1 is 1.29 bits per heavy atom. The molecule has 180 valence electrons. The Bertz CT molecular complexity index is 1190. The molecular formula is C25H29FN4O4. The lowest BCUT2D eigenvalue weighted by Gasteiger charge is -2.15. The third-order valence-corrected chi connectivity index (χ3v) is 6.22. The molecule has 2 amide bonds. The van der Waals surface area contributed by atoms with Crippen molar-refractivity contribution in [1.82, 2.24) is 14.5 Å². The van der Waals surface area contributed by atoms with Crippen LogP contribution in [0.4, 0.5) is 10.1 Å². The van der Waals surface area contributed by atoms with Crippen LogP contribution in [0.25, 0.3) is 5.52 Å². The van der Waals surface area contributed by atoms with Gasteiger partial charge >= 0.3 is 0 Å². The molecule has 0 spiro atoms. The molecule has 8 nitrogen and oxygen atoms in total. The summed E-state index contributed by atoms with van der Waals surface area (Å²) in [5.74, 6) is 0.623. The van der Waals surface area contributed by atoms with Crippen LogP contribution in [0.1, 0.15) is 48.5 Å². The van der Waals surface area contributed by atoms with E-state index in [0.717, 1.165) is 12.0 Å². The van der Waals surface area contributed by atoms with Gasteiger partial charge in [-0.15, -0.1) is 0 Å². The number of benzene rings is 1.